The molecule has 0 saturated carbocycles. The van der Waals surface area contributed by atoms with Crippen LogP contribution in [0.15, 0.2) is 30.5 Å². The average molecular weight is 363 g/mol. The Morgan fingerprint density at radius 3 is 2.56 bits per heavy atom. The predicted octanol–water partition coefficient (Wildman–Crippen LogP) is 3.19. The molecule has 7 nitrogen and oxygen atoms in total. The van der Waals surface area contributed by atoms with Crippen molar-refractivity contribution in [2.45, 2.75) is 26.3 Å². The van der Waals surface area contributed by atoms with Gasteiger partial charge >= 0.3 is 5.97 Å². The maximum Gasteiger partial charge on any atom is 0.337 e. The van der Waals surface area contributed by atoms with Gasteiger partial charge in [-0.25, -0.2) is 14.8 Å². The third-order valence-corrected chi connectivity index (χ3v) is 3.34. The Kier molecular flexibility index (Phi) is 5.58. The number of esters is 1. The number of anilines is 2. The maximum atomic E-state index is 12.2. The number of carbonyl (C=O) groups excluding carboxylic acids is 2. The normalized spacial score (nSPS) is 10.9. The predicted molar refractivity (Wildman–Crippen MR) is 95.3 cm³/mol. The number of rotatable bonds is 4. The van der Waals surface area contributed by atoms with Crippen molar-refractivity contribution in [3.05, 3.63) is 46.7 Å². The second-order valence-electron chi connectivity index (χ2n) is 6.28. The molecule has 2 aromatic rings. The topological polar surface area (TPSA) is 93.2 Å². The highest BCUT2D eigenvalue weighted by Crippen LogP contribution is 2.25. The summed E-state index contributed by atoms with van der Waals surface area (Å²) in [6, 6.07) is 6.15. The molecule has 25 heavy (non-hydrogen) atoms. The lowest BCUT2D eigenvalue weighted by molar-refractivity contribution is 0.0600. The first-order valence-electron chi connectivity index (χ1n) is 7.50. The van der Waals surface area contributed by atoms with Gasteiger partial charge < -0.3 is 15.4 Å². The van der Waals surface area contributed by atoms with Crippen LogP contribution in [0.2, 0.25) is 5.02 Å². The molecule has 1 aromatic heterocycles. The zero-order valence-corrected chi connectivity index (χ0v) is 15.1. The van der Waals surface area contributed by atoms with Gasteiger partial charge in [0.25, 0.3) is 5.91 Å². The summed E-state index contributed by atoms with van der Waals surface area (Å²) < 4.78 is 4.68. The van der Waals surface area contributed by atoms with Crippen molar-refractivity contribution in [2.24, 2.45) is 0 Å². The van der Waals surface area contributed by atoms with E-state index in [2.05, 4.69) is 25.3 Å². The summed E-state index contributed by atoms with van der Waals surface area (Å²) >= 11 is 6.13. The summed E-state index contributed by atoms with van der Waals surface area (Å²) in [7, 11) is 1.30. The number of halogens is 1. The standard InChI is InChI=1S/C17H19ClN4O3/c1-17(2,3)22-14(23)12-7-8-19-16(20-12)21-13-9-10(15(24)25-4)5-6-11(13)18/h5-9H,1-4H3,(H,22,23)(H,19,20,21). The third-order valence-electron chi connectivity index (χ3n) is 3.01. The highest BCUT2D eigenvalue weighted by atomic mass is 35.5. The van der Waals surface area contributed by atoms with E-state index in [0.29, 0.717) is 16.3 Å². The quantitative estimate of drug-likeness (QED) is 0.811. The van der Waals surface area contributed by atoms with Crippen LogP contribution in [0.3, 0.4) is 0 Å². The first kappa shape index (κ1) is 18.7. The number of aromatic nitrogens is 2. The molecule has 0 unspecified atom stereocenters. The number of nitrogens with zero attached hydrogens (tertiary/aromatic N) is 2. The Balaban J connectivity index is 2.25. The summed E-state index contributed by atoms with van der Waals surface area (Å²) in [6.07, 6.45) is 1.46. The first-order chi connectivity index (χ1) is 11.7. The van der Waals surface area contributed by atoms with Crippen LogP contribution in [-0.4, -0.2) is 34.5 Å². The number of methoxy groups -OCH3 is 1. The summed E-state index contributed by atoms with van der Waals surface area (Å²) in [5.74, 6) is -0.614. The van der Waals surface area contributed by atoms with E-state index in [-0.39, 0.29) is 23.1 Å². The molecule has 8 heteroatoms. The van der Waals surface area contributed by atoms with Crippen LogP contribution in [0.5, 0.6) is 0 Å². The SMILES string of the molecule is COC(=O)c1ccc(Cl)c(Nc2nccc(C(=O)NC(C)(C)C)n2)c1. The van der Waals surface area contributed by atoms with Crippen LogP contribution in [0.4, 0.5) is 11.6 Å². The van der Waals surface area contributed by atoms with Crippen molar-refractivity contribution >= 4 is 35.1 Å². The molecule has 0 spiro atoms. The molecule has 2 N–H and O–H groups in total. The van der Waals surface area contributed by atoms with Crippen LogP contribution in [0, 0.1) is 0 Å². The molecule has 1 aromatic carbocycles. The van der Waals surface area contributed by atoms with E-state index in [1.165, 1.54) is 25.4 Å². The lowest BCUT2D eigenvalue weighted by Crippen LogP contribution is -2.41. The number of carbonyl (C=O) groups is 2. The van der Waals surface area contributed by atoms with Crippen LogP contribution in [-0.2, 0) is 4.74 Å². The van der Waals surface area contributed by atoms with Crippen LogP contribution in [0.25, 0.3) is 0 Å². The zero-order valence-electron chi connectivity index (χ0n) is 14.4. The van der Waals surface area contributed by atoms with Crippen molar-refractivity contribution in [1.82, 2.24) is 15.3 Å². The number of hydrogen-bond acceptors (Lipinski definition) is 6. The number of ether oxygens (including phenoxy) is 1. The maximum absolute atomic E-state index is 12.2. The smallest absolute Gasteiger partial charge is 0.337 e. The number of benzene rings is 1. The van der Waals surface area contributed by atoms with Crippen molar-refractivity contribution in [3.63, 3.8) is 0 Å². The number of hydrogen-bond donors (Lipinski definition) is 2. The Bertz CT molecular complexity index is 803. The van der Waals surface area contributed by atoms with Gasteiger partial charge in [0, 0.05) is 11.7 Å². The van der Waals surface area contributed by atoms with Gasteiger partial charge in [-0.1, -0.05) is 11.6 Å². The van der Waals surface area contributed by atoms with Gasteiger partial charge in [-0.15, -0.1) is 0 Å². The number of amides is 1. The molecule has 0 aliphatic rings. The Morgan fingerprint density at radius 2 is 1.92 bits per heavy atom. The average Bonchev–Trinajstić information content (AvgIpc) is 2.55. The molecule has 0 aliphatic heterocycles. The zero-order chi connectivity index (χ0) is 18.6. The molecule has 132 valence electrons. The van der Waals surface area contributed by atoms with E-state index in [4.69, 9.17) is 11.6 Å². The highest BCUT2D eigenvalue weighted by Gasteiger charge is 2.17. The van der Waals surface area contributed by atoms with Gasteiger partial charge in [0.1, 0.15) is 5.69 Å². The molecule has 0 aliphatic carbocycles. The molecule has 0 radical (unpaired) electrons. The van der Waals surface area contributed by atoms with E-state index in [1.54, 1.807) is 12.1 Å². The van der Waals surface area contributed by atoms with Gasteiger partial charge in [-0.3, -0.25) is 4.79 Å². The molecule has 0 bridgehead atoms. The second-order valence-corrected chi connectivity index (χ2v) is 6.69. The largest absolute Gasteiger partial charge is 0.465 e. The Labute approximate surface area is 150 Å². The molecule has 2 rings (SSSR count). The van der Waals surface area contributed by atoms with Gasteiger partial charge in [-0.05, 0) is 45.0 Å². The van der Waals surface area contributed by atoms with E-state index in [1.807, 2.05) is 20.8 Å². The van der Waals surface area contributed by atoms with Gasteiger partial charge in [-0.2, -0.15) is 0 Å². The second kappa shape index (κ2) is 7.48. The van der Waals surface area contributed by atoms with Gasteiger partial charge in [0.05, 0.1) is 23.4 Å². The van der Waals surface area contributed by atoms with Gasteiger partial charge in [0.2, 0.25) is 5.95 Å². The molecule has 1 amide bonds. The third kappa shape index (κ3) is 5.15. The van der Waals surface area contributed by atoms with Crippen molar-refractivity contribution in [2.75, 3.05) is 12.4 Å². The van der Waals surface area contributed by atoms with Crippen molar-refractivity contribution < 1.29 is 14.3 Å². The molecule has 0 fully saturated rings. The lowest BCUT2D eigenvalue weighted by atomic mass is 10.1. The first-order valence-corrected chi connectivity index (χ1v) is 7.88. The minimum atomic E-state index is -0.487. The minimum Gasteiger partial charge on any atom is -0.465 e. The van der Waals surface area contributed by atoms with E-state index in [9.17, 15) is 9.59 Å². The molecule has 1 heterocycles. The molecular formula is C17H19ClN4O3. The number of nitrogens with one attached hydrogen (secondary N) is 2. The summed E-state index contributed by atoms with van der Waals surface area (Å²) in [6.45, 7) is 5.63. The molecule has 0 atom stereocenters. The van der Waals surface area contributed by atoms with Crippen molar-refractivity contribution in [1.29, 1.82) is 0 Å². The van der Waals surface area contributed by atoms with E-state index < -0.39 is 5.97 Å². The van der Waals surface area contributed by atoms with Crippen LogP contribution >= 0.6 is 11.6 Å². The molecular weight excluding hydrogens is 344 g/mol. The van der Waals surface area contributed by atoms with Crippen LogP contribution in [0.1, 0.15) is 41.6 Å². The fraction of sp³-hybridized carbons (Fsp3) is 0.294. The summed E-state index contributed by atoms with van der Waals surface area (Å²) in [5, 5.41) is 6.11. The Hall–Kier alpha value is -2.67. The fourth-order valence-electron chi connectivity index (χ4n) is 1.94. The summed E-state index contributed by atoms with van der Waals surface area (Å²) in [4.78, 5) is 32.1. The van der Waals surface area contributed by atoms with Gasteiger partial charge in [0.15, 0.2) is 0 Å². The highest BCUT2D eigenvalue weighted by molar-refractivity contribution is 6.33. The monoisotopic (exact) mass is 362 g/mol. The lowest BCUT2D eigenvalue weighted by Gasteiger charge is -2.20. The molecule has 0 saturated heterocycles. The van der Waals surface area contributed by atoms with E-state index in [0.717, 1.165) is 0 Å². The fourth-order valence-corrected chi connectivity index (χ4v) is 2.10. The minimum absolute atomic E-state index is 0.186. The van der Waals surface area contributed by atoms with Crippen molar-refractivity contribution in [3.8, 4) is 0 Å². The van der Waals surface area contributed by atoms with E-state index >= 15 is 0 Å². The summed E-state index contributed by atoms with van der Waals surface area (Å²) in [5.41, 5.74) is 0.593. The van der Waals surface area contributed by atoms with Crippen LogP contribution < -0.4 is 10.6 Å². The Morgan fingerprint density at radius 1 is 1.20 bits per heavy atom.